The number of hydrogen-bond donors (Lipinski definition) is 0. The van der Waals surface area contributed by atoms with Crippen molar-refractivity contribution in [2.75, 3.05) is 0 Å². The molecule has 28 aromatic rings. The highest BCUT2D eigenvalue weighted by atomic mass is 14.2. The lowest BCUT2D eigenvalue weighted by molar-refractivity contribution is 1.51. The fourth-order valence-corrected chi connectivity index (χ4v) is 20.0. The molecule has 28 aromatic carbocycles. The highest BCUT2D eigenvalue weighted by Gasteiger charge is 2.14. The van der Waals surface area contributed by atoms with Crippen LogP contribution in [0.5, 0.6) is 0 Å². The van der Waals surface area contributed by atoms with Crippen LogP contribution in [-0.2, 0) is 0 Å². The van der Waals surface area contributed by atoms with Crippen LogP contribution in [0.1, 0.15) is 50.1 Å². The third kappa shape index (κ3) is 17.6. The van der Waals surface area contributed by atoms with Gasteiger partial charge in [0.05, 0.1) is 0 Å². The standard InChI is InChI=1S/3C17H12.4C15H12.2C11H10/c1-11-10-14-6-2-4-12-8-9-13-5-3-7-15(11)17(13)16(12)14;1-11-9-14-7-5-12-3-2-4-13-6-8-15(10-11)17(14)16(12)13;1-11-5-6-14-8-7-12-3-2-4-13-9-10-15(11)17(14)16(12)13;1-11-5-4-8-14-9-12-6-2-3-7-13(12)10-15(11)14;1-11-5-4-8-15-13(11)10-9-12-6-2-3-7-14(12)15;1-11-6-9-15-13(10-11)8-7-12-4-2-3-5-14(12)15;1-11-6-7-13-9-8-12-4-2-3-5-14(12)15(13)10-11;1-9-5-4-7-10-6-2-3-8-11(9)10;1-9-6-7-10-4-2-3-5-11(10)8-9/h3*2-10H,1H3;4*2-10H,1H3;2*2-8H,1H3. The molecule has 0 aliphatic carbocycles. The predicted octanol–water partition coefficient (Wildman–Crippen LogP) is 38.2. The monoisotopic (exact) mass is 1700 g/mol. The molecule has 0 radical (unpaired) electrons. The maximum Gasteiger partial charge on any atom is -0.00241 e. The molecule has 0 saturated carbocycles. The highest BCUT2D eigenvalue weighted by molar-refractivity contribution is 6.26. The smallest absolute Gasteiger partial charge is 0.00241 e. The molecule has 636 valence electrons. The summed E-state index contributed by atoms with van der Waals surface area (Å²) in [5, 5.41) is 51.3. The Hall–Kier alpha value is -16.1. The first kappa shape index (κ1) is 85.0. The SMILES string of the molecule is Cc1cc2ccc3cccc4ccc(c1)c2c34.Cc1cc2cccc3ccc4cccc1c4c32.Cc1ccc2c(ccc3ccccc32)c1.Cc1ccc2ccc3cccc4ccc1c2c34.Cc1ccc2ccc3ccccc3c2c1.Cc1ccc2ccccc2c1.Cc1cccc2c1ccc1ccccc12.Cc1cccc2cc3ccccc3cc12.Cc1cccc2ccccc12. The Morgan fingerprint density at radius 2 is 0.338 bits per heavy atom. The van der Waals surface area contributed by atoms with Crippen molar-refractivity contribution in [1.82, 2.24) is 0 Å². The van der Waals surface area contributed by atoms with Crippen LogP contribution < -0.4 is 0 Å². The molecule has 28 rings (SSSR count). The van der Waals surface area contributed by atoms with Crippen molar-refractivity contribution in [3.05, 3.63) is 517 Å². The van der Waals surface area contributed by atoms with Gasteiger partial charge in [-0.1, -0.05) is 472 Å². The minimum Gasteiger partial charge on any atom is -0.0616 e. The molecular weight excluding hydrogens is 1600 g/mol. The van der Waals surface area contributed by atoms with Gasteiger partial charge in [-0.3, -0.25) is 0 Å². The summed E-state index contributed by atoms with van der Waals surface area (Å²) in [6.45, 7) is 19.4. The number of fused-ring (bicyclic) bond motifs is 13. The molecule has 0 spiro atoms. The van der Waals surface area contributed by atoms with Crippen molar-refractivity contribution in [2.24, 2.45) is 0 Å². The summed E-state index contributed by atoms with van der Waals surface area (Å²) < 4.78 is 0. The van der Waals surface area contributed by atoms with Gasteiger partial charge in [0, 0.05) is 0 Å². The number of benzene rings is 28. The Labute approximate surface area is 778 Å². The van der Waals surface area contributed by atoms with Gasteiger partial charge in [0.25, 0.3) is 0 Å². The van der Waals surface area contributed by atoms with Gasteiger partial charge in [0.2, 0.25) is 0 Å². The van der Waals surface area contributed by atoms with Crippen molar-refractivity contribution in [3.63, 3.8) is 0 Å². The molecule has 0 aliphatic heterocycles. The zero-order valence-electron chi connectivity index (χ0n) is 77.0. The summed E-state index contributed by atoms with van der Waals surface area (Å²) in [6.07, 6.45) is 0. The van der Waals surface area contributed by atoms with Crippen molar-refractivity contribution in [2.45, 2.75) is 62.3 Å². The Kier molecular flexibility index (Phi) is 24.0. The summed E-state index contributed by atoms with van der Waals surface area (Å²) in [5.74, 6) is 0. The van der Waals surface area contributed by atoms with E-state index in [1.54, 1.807) is 0 Å². The summed E-state index contributed by atoms with van der Waals surface area (Å²) in [5.41, 5.74) is 12.0. The average Bonchev–Trinajstić information content (AvgIpc) is 0.750. The maximum atomic E-state index is 2.30. The number of hydrogen-bond acceptors (Lipinski definition) is 0. The van der Waals surface area contributed by atoms with E-state index in [-0.39, 0.29) is 0 Å². The Bertz CT molecular complexity index is 8930. The van der Waals surface area contributed by atoms with E-state index in [4.69, 9.17) is 0 Å². The van der Waals surface area contributed by atoms with Crippen LogP contribution in [0.2, 0.25) is 0 Å². The van der Waals surface area contributed by atoms with Crippen LogP contribution >= 0.6 is 0 Å². The van der Waals surface area contributed by atoms with Crippen molar-refractivity contribution >= 4 is 205 Å². The summed E-state index contributed by atoms with van der Waals surface area (Å²) in [4.78, 5) is 0. The van der Waals surface area contributed by atoms with Gasteiger partial charge in [-0.25, -0.2) is 0 Å². The number of aryl methyl sites for hydroxylation is 9. The maximum absolute atomic E-state index is 2.30. The van der Waals surface area contributed by atoms with Gasteiger partial charge in [-0.05, 0) is 313 Å². The molecular formula is C133H104. The second kappa shape index (κ2) is 37.5. The Morgan fingerprint density at radius 1 is 0.0902 bits per heavy atom. The van der Waals surface area contributed by atoms with Crippen molar-refractivity contribution in [3.8, 4) is 0 Å². The van der Waals surface area contributed by atoms with Crippen LogP contribution in [0.15, 0.2) is 467 Å². The predicted molar refractivity (Wildman–Crippen MR) is 587 cm³/mol. The van der Waals surface area contributed by atoms with Crippen LogP contribution in [0.25, 0.3) is 205 Å². The van der Waals surface area contributed by atoms with Gasteiger partial charge in [-0.15, -0.1) is 0 Å². The van der Waals surface area contributed by atoms with E-state index >= 15 is 0 Å². The quantitative estimate of drug-likeness (QED) is 0.105. The fraction of sp³-hybridized carbons (Fsp3) is 0.0677. The molecule has 0 unspecified atom stereocenters. The first-order valence-corrected chi connectivity index (χ1v) is 46.5. The molecule has 0 amide bonds. The van der Waals surface area contributed by atoms with Crippen LogP contribution in [0.4, 0.5) is 0 Å². The normalized spacial score (nSPS) is 11.2. The highest BCUT2D eigenvalue weighted by Crippen LogP contribution is 2.41. The molecule has 0 heteroatoms. The molecule has 0 atom stereocenters. The van der Waals surface area contributed by atoms with E-state index in [2.05, 4.69) is 529 Å². The molecule has 0 nitrogen and oxygen atoms in total. The minimum atomic E-state index is 1.31. The third-order valence-corrected chi connectivity index (χ3v) is 26.8. The molecule has 0 aliphatic rings. The largest absolute Gasteiger partial charge is 0.0616 e. The van der Waals surface area contributed by atoms with Gasteiger partial charge in [0.1, 0.15) is 0 Å². The number of rotatable bonds is 0. The van der Waals surface area contributed by atoms with E-state index in [1.807, 2.05) is 0 Å². The van der Waals surface area contributed by atoms with E-state index in [0.29, 0.717) is 0 Å². The zero-order chi connectivity index (χ0) is 90.6. The van der Waals surface area contributed by atoms with Crippen LogP contribution in [0.3, 0.4) is 0 Å². The van der Waals surface area contributed by atoms with Gasteiger partial charge >= 0.3 is 0 Å². The molecule has 133 heavy (non-hydrogen) atoms. The van der Waals surface area contributed by atoms with Crippen molar-refractivity contribution in [1.29, 1.82) is 0 Å². The van der Waals surface area contributed by atoms with Crippen molar-refractivity contribution < 1.29 is 0 Å². The van der Waals surface area contributed by atoms with Gasteiger partial charge in [0.15, 0.2) is 0 Å². The molecule has 0 heterocycles. The van der Waals surface area contributed by atoms with E-state index < -0.39 is 0 Å². The van der Waals surface area contributed by atoms with Gasteiger partial charge < -0.3 is 0 Å². The molecule has 0 bridgehead atoms. The molecule has 0 N–H and O–H groups in total. The van der Waals surface area contributed by atoms with Gasteiger partial charge in [-0.2, -0.15) is 0 Å². The average molecular weight is 1700 g/mol. The third-order valence-electron chi connectivity index (χ3n) is 26.8. The summed E-state index contributed by atoms with van der Waals surface area (Å²) in [7, 11) is 0. The summed E-state index contributed by atoms with van der Waals surface area (Å²) >= 11 is 0. The lowest BCUT2D eigenvalue weighted by Gasteiger charge is -2.12. The second-order valence-electron chi connectivity index (χ2n) is 35.9. The fourth-order valence-electron chi connectivity index (χ4n) is 20.0. The van der Waals surface area contributed by atoms with E-state index in [1.165, 1.54) is 255 Å². The zero-order valence-corrected chi connectivity index (χ0v) is 77.0. The Morgan fingerprint density at radius 3 is 0.917 bits per heavy atom. The van der Waals surface area contributed by atoms with Crippen LogP contribution in [-0.4, -0.2) is 0 Å². The van der Waals surface area contributed by atoms with E-state index in [9.17, 15) is 0 Å². The lowest BCUT2D eigenvalue weighted by atomic mass is 9.92. The molecule has 0 saturated heterocycles. The Balaban J connectivity index is 0.0000000934. The second-order valence-corrected chi connectivity index (χ2v) is 35.9. The first-order chi connectivity index (χ1) is 65.1. The minimum absolute atomic E-state index is 1.31. The molecule has 0 fully saturated rings. The topological polar surface area (TPSA) is 0 Å². The molecule has 0 aromatic heterocycles. The first-order valence-electron chi connectivity index (χ1n) is 46.5. The summed E-state index contributed by atoms with van der Waals surface area (Å²) in [6, 6.07) is 168. The van der Waals surface area contributed by atoms with Crippen LogP contribution in [0, 0.1) is 62.3 Å². The lowest BCUT2D eigenvalue weighted by Crippen LogP contribution is -1.85. The van der Waals surface area contributed by atoms with E-state index in [0.717, 1.165) is 0 Å².